The zero-order valence-corrected chi connectivity index (χ0v) is 15.5. The van der Waals surface area contributed by atoms with Crippen molar-refractivity contribution in [1.82, 2.24) is 14.5 Å². The Morgan fingerprint density at radius 3 is 2.71 bits per heavy atom. The Morgan fingerprint density at radius 1 is 1.36 bits per heavy atom. The summed E-state index contributed by atoms with van der Waals surface area (Å²) >= 11 is 0. The van der Waals surface area contributed by atoms with E-state index in [4.69, 9.17) is 15.7 Å². The number of aromatic nitrogens is 3. The molecule has 2 unspecified atom stereocenters. The molecule has 0 saturated carbocycles. The molecule has 0 amide bonds. The first-order valence-corrected chi connectivity index (χ1v) is 8.72. The number of oxime groups is 1. The van der Waals surface area contributed by atoms with Gasteiger partial charge in [0.2, 0.25) is 0 Å². The van der Waals surface area contributed by atoms with Crippen molar-refractivity contribution in [3.8, 4) is 0 Å². The molecule has 0 spiro atoms. The molecule has 0 aromatic carbocycles. The van der Waals surface area contributed by atoms with Crippen LogP contribution in [-0.2, 0) is 4.74 Å². The highest BCUT2D eigenvalue weighted by Gasteiger charge is 2.44. The Bertz CT molecular complexity index is 907. The van der Waals surface area contributed by atoms with Crippen LogP contribution in [0.2, 0.25) is 0 Å². The van der Waals surface area contributed by atoms with Gasteiger partial charge in [0.15, 0.2) is 12.1 Å². The summed E-state index contributed by atoms with van der Waals surface area (Å²) in [5.74, 6) is 0.283. The first-order chi connectivity index (χ1) is 13.4. The summed E-state index contributed by atoms with van der Waals surface area (Å²) in [6.07, 6.45) is 0.279. The Morgan fingerprint density at radius 2 is 2.11 bits per heavy atom. The molecule has 3 rings (SSSR count). The largest absolute Gasteiger partial charge is 0.409 e. The third kappa shape index (κ3) is 3.52. The maximum Gasteiger partial charge on any atom is 0.172 e. The lowest BCUT2D eigenvalue weighted by molar-refractivity contribution is -0.0508. The third-order valence-corrected chi connectivity index (χ3v) is 4.56. The van der Waals surface area contributed by atoms with Crippen LogP contribution in [0.3, 0.4) is 0 Å². The molecule has 11 nitrogen and oxygen atoms in total. The van der Waals surface area contributed by atoms with E-state index in [1.54, 1.807) is 0 Å². The molecular formula is C17H24N6O5. The number of hydrogen-bond donors (Lipinski definition) is 6. The number of fused-ring (bicyclic) bond motifs is 1. The molecule has 28 heavy (non-hydrogen) atoms. The van der Waals surface area contributed by atoms with E-state index in [1.807, 2.05) is 19.9 Å². The topological polar surface area (TPSA) is 171 Å². The van der Waals surface area contributed by atoms with Gasteiger partial charge < -0.3 is 40.9 Å². The minimum atomic E-state index is -1.30. The number of nitrogens with zero attached hydrogens (tertiary/aromatic N) is 4. The first-order valence-electron chi connectivity index (χ1n) is 8.72. The van der Waals surface area contributed by atoms with Crippen molar-refractivity contribution in [2.75, 3.05) is 18.5 Å². The van der Waals surface area contributed by atoms with Crippen LogP contribution in [0.5, 0.6) is 0 Å². The Balaban J connectivity index is 2.11. The lowest BCUT2D eigenvalue weighted by Crippen LogP contribution is -2.33. The summed E-state index contributed by atoms with van der Waals surface area (Å²) in [6, 6.07) is 0. The van der Waals surface area contributed by atoms with Crippen LogP contribution in [0, 0.1) is 0 Å². The van der Waals surface area contributed by atoms with Crippen molar-refractivity contribution in [2.45, 2.75) is 38.4 Å². The monoisotopic (exact) mass is 392 g/mol. The maximum atomic E-state index is 10.4. The van der Waals surface area contributed by atoms with E-state index in [1.165, 1.54) is 17.1 Å². The molecule has 1 fully saturated rings. The number of ether oxygens (including phenoxy) is 1. The number of allylic oxidation sites excluding steroid dienone is 1. The number of rotatable bonds is 6. The number of aliphatic hydroxyl groups is 3. The zero-order chi connectivity index (χ0) is 20.4. The summed E-state index contributed by atoms with van der Waals surface area (Å²) in [5.41, 5.74) is 7.64. The van der Waals surface area contributed by atoms with Crippen molar-refractivity contribution in [3.05, 3.63) is 29.7 Å². The van der Waals surface area contributed by atoms with Crippen molar-refractivity contribution in [1.29, 1.82) is 0 Å². The highest BCUT2D eigenvalue weighted by atomic mass is 16.6. The van der Waals surface area contributed by atoms with Crippen LogP contribution in [0.1, 0.15) is 25.6 Å². The number of hydrogen-bond acceptors (Lipinski definition) is 9. The molecule has 1 aliphatic rings. The average molecular weight is 392 g/mol. The molecule has 0 bridgehead atoms. The van der Waals surface area contributed by atoms with Crippen LogP contribution < -0.4 is 11.1 Å². The van der Waals surface area contributed by atoms with Gasteiger partial charge in [-0.05, 0) is 13.8 Å². The van der Waals surface area contributed by atoms with E-state index < -0.39 is 31.1 Å². The van der Waals surface area contributed by atoms with Crippen LogP contribution in [0.25, 0.3) is 11.0 Å². The van der Waals surface area contributed by atoms with Gasteiger partial charge in [-0.1, -0.05) is 16.8 Å². The smallest absolute Gasteiger partial charge is 0.172 e. The predicted octanol–water partition coefficient (Wildman–Crippen LogP) is -0.485. The number of amidine groups is 1. The highest BCUT2D eigenvalue weighted by molar-refractivity contribution is 6.11. The number of anilines is 1. The van der Waals surface area contributed by atoms with Gasteiger partial charge >= 0.3 is 0 Å². The van der Waals surface area contributed by atoms with Gasteiger partial charge in [-0.25, -0.2) is 9.97 Å². The van der Waals surface area contributed by atoms with E-state index in [9.17, 15) is 15.3 Å². The zero-order valence-electron chi connectivity index (χ0n) is 15.5. The second kappa shape index (κ2) is 8.10. The maximum absolute atomic E-state index is 10.4. The molecule has 0 aliphatic carbocycles. The SMILES string of the molecule is CC(C)=CCNc1ncnc2c1c(C(N)=NO)cn2[C@@H]1OC(CO)C(O)[C@H]1O. The molecular weight excluding hydrogens is 368 g/mol. The van der Waals surface area contributed by atoms with Gasteiger partial charge in [0.25, 0.3) is 0 Å². The van der Waals surface area contributed by atoms with Gasteiger partial charge in [0.1, 0.15) is 36.1 Å². The standard InChI is InChI=1S/C17H24N6O5/c1-8(2)3-4-19-15-11-9(14(18)22-27)5-23(16(11)21-7-20-15)17-13(26)12(25)10(6-24)28-17/h3,5,7,10,12-13,17,24-27H,4,6H2,1-2H3,(H2,18,22)(H,19,20,21)/t10?,12?,13-,17-/m1/s1. The van der Waals surface area contributed by atoms with Crippen LogP contribution in [0.15, 0.2) is 29.3 Å². The second-order valence-electron chi connectivity index (χ2n) is 6.75. The normalized spacial score (nSPS) is 25.2. The molecule has 7 N–H and O–H groups in total. The van der Waals surface area contributed by atoms with Gasteiger partial charge in [-0.15, -0.1) is 0 Å². The van der Waals surface area contributed by atoms with E-state index >= 15 is 0 Å². The minimum absolute atomic E-state index is 0.171. The third-order valence-electron chi connectivity index (χ3n) is 4.56. The minimum Gasteiger partial charge on any atom is -0.409 e. The van der Waals surface area contributed by atoms with Gasteiger partial charge in [-0.2, -0.15) is 0 Å². The first kappa shape index (κ1) is 20.0. The molecule has 1 saturated heterocycles. The molecule has 152 valence electrons. The van der Waals surface area contributed by atoms with Gasteiger partial charge in [-0.3, -0.25) is 0 Å². The summed E-state index contributed by atoms with van der Waals surface area (Å²) in [4.78, 5) is 8.48. The molecule has 2 aromatic heterocycles. The van der Waals surface area contributed by atoms with E-state index in [2.05, 4.69) is 20.4 Å². The number of aliphatic hydroxyl groups excluding tert-OH is 3. The van der Waals surface area contributed by atoms with Crippen molar-refractivity contribution in [2.24, 2.45) is 10.9 Å². The fourth-order valence-corrected chi connectivity index (χ4v) is 3.12. The summed E-state index contributed by atoms with van der Waals surface area (Å²) in [7, 11) is 0. The molecule has 2 aromatic rings. The van der Waals surface area contributed by atoms with Gasteiger partial charge in [0.05, 0.1) is 17.6 Å². The Labute approximate surface area is 160 Å². The summed E-state index contributed by atoms with van der Waals surface area (Å²) in [6.45, 7) is 3.99. The molecule has 3 heterocycles. The van der Waals surface area contributed by atoms with Crippen molar-refractivity contribution < 1.29 is 25.3 Å². The average Bonchev–Trinajstić information content (AvgIpc) is 3.20. The van der Waals surface area contributed by atoms with E-state index in [0.29, 0.717) is 29.0 Å². The predicted molar refractivity (Wildman–Crippen MR) is 101 cm³/mol. The Hall–Kier alpha value is -2.73. The number of nitrogens with one attached hydrogen (secondary N) is 1. The lowest BCUT2D eigenvalue weighted by atomic mass is 10.1. The molecule has 1 aliphatic heterocycles. The summed E-state index contributed by atoms with van der Waals surface area (Å²) < 4.78 is 7.06. The quantitative estimate of drug-likeness (QED) is 0.125. The van der Waals surface area contributed by atoms with Crippen LogP contribution >= 0.6 is 0 Å². The Kier molecular flexibility index (Phi) is 5.79. The molecule has 11 heteroatoms. The summed E-state index contributed by atoms with van der Waals surface area (Å²) in [5, 5.41) is 45.6. The lowest BCUT2D eigenvalue weighted by Gasteiger charge is -2.17. The van der Waals surface area contributed by atoms with E-state index in [-0.39, 0.29) is 5.84 Å². The molecule has 0 radical (unpaired) electrons. The van der Waals surface area contributed by atoms with Crippen molar-refractivity contribution >= 4 is 22.7 Å². The second-order valence-corrected chi connectivity index (χ2v) is 6.75. The fourth-order valence-electron chi connectivity index (χ4n) is 3.12. The van der Waals surface area contributed by atoms with E-state index in [0.717, 1.165) is 5.57 Å². The van der Waals surface area contributed by atoms with Crippen molar-refractivity contribution in [3.63, 3.8) is 0 Å². The van der Waals surface area contributed by atoms with Crippen LogP contribution in [0.4, 0.5) is 5.82 Å². The van der Waals surface area contributed by atoms with Gasteiger partial charge in [0, 0.05) is 12.7 Å². The van der Waals surface area contributed by atoms with Crippen LogP contribution in [-0.4, -0.2) is 72.4 Å². The highest BCUT2D eigenvalue weighted by Crippen LogP contribution is 2.35. The molecule has 4 atom stereocenters. The fraction of sp³-hybridized carbons (Fsp3) is 0.471. The number of nitrogens with two attached hydrogens (primary N) is 1.